The van der Waals surface area contributed by atoms with Gasteiger partial charge in [-0.1, -0.05) is 54.1 Å². The molecular weight excluding hydrogens is 452 g/mol. The maximum absolute atomic E-state index is 14.5. The summed E-state index contributed by atoms with van der Waals surface area (Å²) in [6, 6.07) is 17.1. The summed E-state index contributed by atoms with van der Waals surface area (Å²) >= 11 is 0. The first-order valence-corrected chi connectivity index (χ1v) is 10.9. The number of benzene rings is 3. The highest BCUT2D eigenvalue weighted by Gasteiger charge is 2.35. The molecule has 0 bridgehead atoms. The van der Waals surface area contributed by atoms with E-state index in [1.807, 2.05) is 19.1 Å². The zero-order valence-electron chi connectivity index (χ0n) is 18.9. The number of aromatic nitrogens is 3. The van der Waals surface area contributed by atoms with E-state index in [0.29, 0.717) is 23.2 Å². The molecule has 0 aliphatic rings. The van der Waals surface area contributed by atoms with Gasteiger partial charge in [-0.05, 0) is 36.8 Å². The topological polar surface area (TPSA) is 88.1 Å². The quantitative estimate of drug-likeness (QED) is 0.268. The molecule has 0 spiro atoms. The molecule has 0 fully saturated rings. The van der Waals surface area contributed by atoms with Crippen molar-refractivity contribution >= 4 is 11.9 Å². The maximum atomic E-state index is 14.5. The summed E-state index contributed by atoms with van der Waals surface area (Å²) in [7, 11) is 0. The second-order valence-corrected chi connectivity index (χ2v) is 8.19. The van der Waals surface area contributed by atoms with E-state index in [4.69, 9.17) is 4.74 Å². The number of H-pyrrole nitrogens is 1. The highest BCUT2D eigenvalue weighted by atomic mass is 19.1. The lowest BCUT2D eigenvalue weighted by Crippen LogP contribution is -2.37. The fourth-order valence-corrected chi connectivity index (χ4v) is 3.55. The third-order valence-electron chi connectivity index (χ3n) is 5.48. The van der Waals surface area contributed by atoms with Gasteiger partial charge in [-0.2, -0.15) is 5.10 Å². The molecule has 1 atom stereocenters. The van der Waals surface area contributed by atoms with Gasteiger partial charge in [0.05, 0.1) is 0 Å². The van der Waals surface area contributed by atoms with Crippen molar-refractivity contribution in [2.45, 2.75) is 18.9 Å². The number of rotatable bonds is 9. The number of hydrogen-bond acceptors (Lipinski definition) is 5. The number of nitrogens with one attached hydrogen (secondary N) is 1. The number of hydrogen-bond donors (Lipinski definition) is 2. The first-order valence-electron chi connectivity index (χ1n) is 10.9. The molecule has 0 radical (unpaired) electrons. The Hall–Kier alpha value is -4.17. The van der Waals surface area contributed by atoms with Crippen LogP contribution in [-0.2, 0) is 12.0 Å². The Labute approximate surface area is 200 Å². The van der Waals surface area contributed by atoms with Gasteiger partial charge >= 0.3 is 0 Å². The largest absolute Gasteiger partial charge is 0.490 e. The third-order valence-corrected chi connectivity index (χ3v) is 5.48. The summed E-state index contributed by atoms with van der Waals surface area (Å²) in [4.78, 5) is 16.3. The monoisotopic (exact) mass is 475 g/mol. The maximum Gasteiger partial charge on any atom is 0.185 e. The molecule has 1 aromatic heterocycles. The molecule has 0 saturated carbocycles. The van der Waals surface area contributed by atoms with E-state index in [0.717, 1.165) is 17.2 Å². The van der Waals surface area contributed by atoms with Crippen LogP contribution in [0, 0.1) is 18.6 Å². The molecule has 0 aliphatic carbocycles. The van der Waals surface area contributed by atoms with Crippen LogP contribution in [0.25, 0.3) is 6.08 Å². The molecule has 178 valence electrons. The highest BCUT2D eigenvalue weighted by molar-refractivity contribution is 6.06. The molecule has 35 heavy (non-hydrogen) atoms. The summed E-state index contributed by atoms with van der Waals surface area (Å²) in [5.74, 6) is -1.01. The number of nitrogens with zero attached hydrogens (tertiary/aromatic N) is 2. The van der Waals surface area contributed by atoms with Crippen molar-refractivity contribution < 1.29 is 23.4 Å². The zero-order chi connectivity index (χ0) is 24.8. The van der Waals surface area contributed by atoms with E-state index in [-0.39, 0.29) is 24.4 Å². The number of allylic oxidation sites excluding steroid dienone is 1. The van der Waals surface area contributed by atoms with Gasteiger partial charge in [0.2, 0.25) is 0 Å². The molecule has 1 heterocycles. The highest BCUT2D eigenvalue weighted by Crippen LogP contribution is 2.29. The van der Waals surface area contributed by atoms with Crippen LogP contribution < -0.4 is 4.74 Å². The van der Waals surface area contributed by atoms with Gasteiger partial charge < -0.3 is 9.84 Å². The van der Waals surface area contributed by atoms with Crippen LogP contribution in [0.2, 0.25) is 0 Å². The van der Waals surface area contributed by atoms with Crippen molar-refractivity contribution in [1.29, 1.82) is 0 Å². The van der Waals surface area contributed by atoms with Gasteiger partial charge in [0, 0.05) is 23.6 Å². The molecule has 0 amide bonds. The van der Waals surface area contributed by atoms with Gasteiger partial charge in [-0.3, -0.25) is 9.89 Å². The van der Waals surface area contributed by atoms with Crippen molar-refractivity contribution in [3.8, 4) is 5.75 Å². The van der Waals surface area contributed by atoms with E-state index >= 15 is 0 Å². The Morgan fingerprint density at radius 2 is 1.83 bits per heavy atom. The zero-order valence-corrected chi connectivity index (χ0v) is 18.9. The standard InChI is InChI=1S/C27H23F2N3O3/c1-18-2-7-20(8-3-18)25(33)13-6-19-4-10-22(11-5-19)35-16-27(34,15-26-30-17-31-32-26)23-12-9-21(28)14-24(23)29/h2-14,17,34H,15-16H2,1H3,(H,30,31,32)/b13-6+. The van der Waals surface area contributed by atoms with Crippen molar-refractivity contribution in [3.63, 3.8) is 0 Å². The van der Waals surface area contributed by atoms with Crippen molar-refractivity contribution in [2.24, 2.45) is 0 Å². The molecule has 0 aliphatic heterocycles. The summed E-state index contributed by atoms with van der Waals surface area (Å²) < 4.78 is 33.7. The van der Waals surface area contributed by atoms with E-state index in [1.165, 1.54) is 18.5 Å². The van der Waals surface area contributed by atoms with Gasteiger partial charge in [0.1, 0.15) is 41.7 Å². The van der Waals surface area contributed by atoms with E-state index in [1.54, 1.807) is 42.5 Å². The van der Waals surface area contributed by atoms with Gasteiger partial charge in [0.25, 0.3) is 0 Å². The van der Waals surface area contributed by atoms with Crippen molar-refractivity contribution in [1.82, 2.24) is 15.2 Å². The fourth-order valence-electron chi connectivity index (χ4n) is 3.55. The average Bonchev–Trinajstić information content (AvgIpc) is 3.35. The number of aliphatic hydroxyl groups is 1. The van der Waals surface area contributed by atoms with Crippen LogP contribution in [-0.4, -0.2) is 32.7 Å². The first kappa shape index (κ1) is 24.0. The second kappa shape index (κ2) is 10.4. The number of aromatic amines is 1. The Morgan fingerprint density at radius 3 is 2.49 bits per heavy atom. The van der Waals surface area contributed by atoms with E-state index in [9.17, 15) is 18.7 Å². The summed E-state index contributed by atoms with van der Waals surface area (Å²) in [6.07, 6.45) is 4.33. The molecule has 3 aromatic carbocycles. The minimum Gasteiger partial charge on any atom is -0.490 e. The third kappa shape index (κ3) is 6.04. The molecule has 1 unspecified atom stereocenters. The van der Waals surface area contributed by atoms with E-state index in [2.05, 4.69) is 15.2 Å². The Bertz CT molecular complexity index is 1320. The number of halogens is 2. The molecular formula is C27H23F2N3O3. The predicted octanol–water partition coefficient (Wildman–Crippen LogP) is 4.80. The normalized spacial score (nSPS) is 13.0. The molecule has 0 saturated heterocycles. The van der Waals surface area contributed by atoms with E-state index < -0.39 is 17.2 Å². The predicted molar refractivity (Wildman–Crippen MR) is 127 cm³/mol. The first-order chi connectivity index (χ1) is 16.8. The van der Waals surface area contributed by atoms with Crippen LogP contribution >= 0.6 is 0 Å². The molecule has 4 aromatic rings. The van der Waals surface area contributed by atoms with Crippen LogP contribution in [0.4, 0.5) is 8.78 Å². The lowest BCUT2D eigenvalue weighted by Gasteiger charge is -2.28. The summed E-state index contributed by atoms with van der Waals surface area (Å²) in [5.41, 5.74) is 0.502. The van der Waals surface area contributed by atoms with Crippen LogP contribution in [0.15, 0.2) is 79.1 Å². The second-order valence-electron chi connectivity index (χ2n) is 8.19. The number of carbonyl (C=O) groups is 1. The van der Waals surface area contributed by atoms with Gasteiger partial charge in [0.15, 0.2) is 5.78 Å². The summed E-state index contributed by atoms with van der Waals surface area (Å²) in [5, 5.41) is 17.7. The number of carbonyl (C=O) groups excluding carboxylic acids is 1. The molecule has 6 nitrogen and oxygen atoms in total. The lowest BCUT2D eigenvalue weighted by molar-refractivity contribution is -0.0138. The van der Waals surface area contributed by atoms with Crippen LogP contribution in [0.1, 0.15) is 32.9 Å². The SMILES string of the molecule is Cc1ccc(C(=O)/C=C/c2ccc(OCC(O)(Cc3ncn[nH]3)c3ccc(F)cc3F)cc2)cc1. The van der Waals surface area contributed by atoms with Crippen LogP contribution in [0.5, 0.6) is 5.75 Å². The molecule has 2 N–H and O–H groups in total. The Kier molecular flexibility index (Phi) is 7.12. The minimum atomic E-state index is -1.84. The number of ether oxygens (including phenoxy) is 1. The van der Waals surface area contributed by atoms with Crippen LogP contribution in [0.3, 0.4) is 0 Å². The molecule has 8 heteroatoms. The van der Waals surface area contributed by atoms with Crippen molar-refractivity contribution in [3.05, 3.63) is 119 Å². The van der Waals surface area contributed by atoms with Gasteiger partial charge in [-0.15, -0.1) is 0 Å². The Morgan fingerprint density at radius 1 is 1.09 bits per heavy atom. The van der Waals surface area contributed by atoms with Crippen molar-refractivity contribution in [2.75, 3.05) is 6.61 Å². The Balaban J connectivity index is 1.46. The minimum absolute atomic E-state index is 0.107. The summed E-state index contributed by atoms with van der Waals surface area (Å²) in [6.45, 7) is 1.64. The lowest BCUT2D eigenvalue weighted by atomic mass is 9.90. The fraction of sp³-hybridized carbons (Fsp3) is 0.148. The number of ketones is 1. The number of aryl methyl sites for hydroxylation is 1. The average molecular weight is 475 g/mol. The molecule has 4 rings (SSSR count). The smallest absolute Gasteiger partial charge is 0.185 e. The van der Waals surface area contributed by atoms with Gasteiger partial charge in [-0.25, -0.2) is 13.8 Å².